The van der Waals surface area contributed by atoms with Crippen LogP contribution in [0.25, 0.3) is 5.69 Å². The first-order valence-corrected chi connectivity index (χ1v) is 9.30. The Labute approximate surface area is 136 Å². The number of nitrogens with one attached hydrogen (secondary N) is 1. The normalized spacial score (nSPS) is 14.1. The van der Waals surface area contributed by atoms with Crippen LogP contribution in [0.1, 0.15) is 31.0 Å². The summed E-state index contributed by atoms with van der Waals surface area (Å²) < 4.78 is 7.83. The summed E-state index contributed by atoms with van der Waals surface area (Å²) in [6.45, 7) is 3.68. The number of hydrogen-bond acceptors (Lipinski definition) is 4. The number of ether oxygens (including phenoxy) is 1. The third kappa shape index (κ3) is 2.95. The van der Waals surface area contributed by atoms with Crippen molar-refractivity contribution in [1.29, 1.82) is 0 Å². The molecule has 0 radical (unpaired) electrons. The van der Waals surface area contributed by atoms with Crippen LogP contribution < -0.4 is 10.1 Å². The van der Waals surface area contributed by atoms with E-state index in [1.54, 1.807) is 0 Å². The number of thioether (sulfide) groups is 1. The van der Waals surface area contributed by atoms with Crippen molar-refractivity contribution in [2.75, 3.05) is 24.7 Å². The predicted octanol–water partition coefficient (Wildman–Crippen LogP) is 3.88. The highest BCUT2D eigenvalue weighted by Crippen LogP contribution is 2.32. The smallest absolute Gasteiger partial charge is 0.145 e. The quantitative estimate of drug-likeness (QED) is 0.908. The Bertz CT molecular complexity index is 639. The predicted molar refractivity (Wildman–Crippen MR) is 93.4 cm³/mol. The van der Waals surface area contributed by atoms with Gasteiger partial charge in [0.05, 0.1) is 12.3 Å². The number of rotatable bonds is 5. The molecule has 3 rings (SSSR count). The van der Waals surface area contributed by atoms with E-state index in [-0.39, 0.29) is 0 Å². The number of benzene rings is 1. The van der Waals surface area contributed by atoms with Crippen LogP contribution in [0, 0.1) is 0 Å². The molecule has 1 aromatic carbocycles. The third-order valence-corrected chi connectivity index (χ3v) is 4.45. The zero-order chi connectivity index (χ0) is 15.4. The summed E-state index contributed by atoms with van der Waals surface area (Å²) in [6.07, 6.45) is 5.67. The van der Waals surface area contributed by atoms with Gasteiger partial charge in [0, 0.05) is 17.9 Å². The molecule has 0 unspecified atom stereocenters. The fraction of sp³-hybridized carbons (Fsp3) is 0.471. The van der Waals surface area contributed by atoms with Gasteiger partial charge in [-0.1, -0.05) is 12.1 Å². The van der Waals surface area contributed by atoms with Crippen molar-refractivity contribution in [3.63, 3.8) is 0 Å². The maximum Gasteiger partial charge on any atom is 0.145 e. The number of aromatic nitrogens is 2. The van der Waals surface area contributed by atoms with Gasteiger partial charge in [0.1, 0.15) is 17.3 Å². The van der Waals surface area contributed by atoms with Gasteiger partial charge in [0.2, 0.25) is 0 Å². The molecule has 1 aliphatic rings. The number of nitrogens with zero attached hydrogens (tertiary/aromatic N) is 2. The van der Waals surface area contributed by atoms with Gasteiger partial charge in [-0.3, -0.25) is 0 Å². The van der Waals surface area contributed by atoms with E-state index in [1.165, 1.54) is 24.1 Å². The van der Waals surface area contributed by atoms with Gasteiger partial charge in [-0.2, -0.15) is 16.9 Å². The van der Waals surface area contributed by atoms with E-state index >= 15 is 0 Å². The second kappa shape index (κ2) is 7.09. The Hall–Kier alpha value is -1.62. The van der Waals surface area contributed by atoms with Crippen molar-refractivity contribution in [2.24, 2.45) is 0 Å². The van der Waals surface area contributed by atoms with E-state index in [0.29, 0.717) is 6.61 Å². The van der Waals surface area contributed by atoms with Crippen LogP contribution in [-0.2, 0) is 12.2 Å². The summed E-state index contributed by atoms with van der Waals surface area (Å²) in [6, 6.07) is 8.13. The average Bonchev–Trinajstić information content (AvgIpc) is 2.72. The van der Waals surface area contributed by atoms with Crippen molar-refractivity contribution in [3.8, 4) is 11.4 Å². The van der Waals surface area contributed by atoms with Gasteiger partial charge in [-0.25, -0.2) is 4.68 Å². The number of fused-ring (bicyclic) bond motifs is 1. The Morgan fingerprint density at radius 1 is 1.32 bits per heavy atom. The number of anilines is 1. The molecule has 118 valence electrons. The Balaban J connectivity index is 2.10. The highest BCUT2D eigenvalue weighted by atomic mass is 32.2. The van der Waals surface area contributed by atoms with Crippen molar-refractivity contribution in [1.82, 2.24) is 9.78 Å². The maximum atomic E-state index is 5.79. The maximum absolute atomic E-state index is 5.79. The van der Waals surface area contributed by atoms with Gasteiger partial charge >= 0.3 is 0 Å². The molecule has 0 bridgehead atoms. The van der Waals surface area contributed by atoms with E-state index in [1.807, 2.05) is 41.6 Å². The van der Waals surface area contributed by atoms with Crippen LogP contribution in [0.15, 0.2) is 24.3 Å². The highest BCUT2D eigenvalue weighted by molar-refractivity contribution is 7.97. The van der Waals surface area contributed by atoms with Gasteiger partial charge in [-0.05, 0) is 44.6 Å². The van der Waals surface area contributed by atoms with Gasteiger partial charge in [0.25, 0.3) is 0 Å². The molecule has 0 atom stereocenters. The average molecular weight is 317 g/mol. The van der Waals surface area contributed by atoms with Crippen molar-refractivity contribution >= 4 is 17.6 Å². The minimum absolute atomic E-state index is 0.658. The summed E-state index contributed by atoms with van der Waals surface area (Å²) in [7, 11) is 0. The molecule has 2 heterocycles. The van der Waals surface area contributed by atoms with Crippen molar-refractivity contribution < 1.29 is 4.74 Å². The SMILES string of the molecule is CCOc1ccccc1-n1nc(CSC)c2c1NCCCC2. The van der Waals surface area contributed by atoms with E-state index in [2.05, 4.69) is 17.6 Å². The fourth-order valence-electron chi connectivity index (χ4n) is 2.91. The summed E-state index contributed by atoms with van der Waals surface area (Å²) in [5.41, 5.74) is 3.59. The Morgan fingerprint density at radius 2 is 2.18 bits per heavy atom. The number of para-hydroxylation sites is 2. The summed E-state index contributed by atoms with van der Waals surface area (Å²) >= 11 is 1.82. The lowest BCUT2D eigenvalue weighted by atomic mass is 10.1. The van der Waals surface area contributed by atoms with Crippen LogP contribution >= 0.6 is 11.8 Å². The standard InChI is InChI=1S/C17H23N3OS/c1-3-21-16-10-5-4-9-15(16)20-17-13(8-6-7-11-18-17)14(19-20)12-22-2/h4-5,9-10,18H,3,6-8,11-12H2,1-2H3. The monoisotopic (exact) mass is 317 g/mol. The van der Waals surface area contributed by atoms with E-state index in [0.717, 1.165) is 36.0 Å². The summed E-state index contributed by atoms with van der Waals surface area (Å²) in [4.78, 5) is 0. The van der Waals surface area contributed by atoms with Crippen LogP contribution in [0.3, 0.4) is 0 Å². The molecule has 0 amide bonds. The van der Waals surface area contributed by atoms with E-state index < -0.39 is 0 Å². The van der Waals surface area contributed by atoms with Crippen molar-refractivity contribution in [2.45, 2.75) is 31.9 Å². The molecule has 0 fully saturated rings. The lowest BCUT2D eigenvalue weighted by molar-refractivity contribution is 0.338. The topological polar surface area (TPSA) is 39.1 Å². The molecule has 0 spiro atoms. The van der Waals surface area contributed by atoms with Crippen LogP contribution in [0.4, 0.5) is 5.82 Å². The first-order chi connectivity index (χ1) is 10.8. The Morgan fingerprint density at radius 3 is 3.00 bits per heavy atom. The molecule has 0 saturated heterocycles. The largest absolute Gasteiger partial charge is 0.492 e. The molecular weight excluding hydrogens is 294 g/mol. The number of hydrogen-bond donors (Lipinski definition) is 1. The zero-order valence-electron chi connectivity index (χ0n) is 13.3. The Kier molecular flexibility index (Phi) is 4.93. The second-order valence-electron chi connectivity index (χ2n) is 5.40. The fourth-order valence-corrected chi connectivity index (χ4v) is 3.42. The van der Waals surface area contributed by atoms with E-state index in [4.69, 9.17) is 9.84 Å². The van der Waals surface area contributed by atoms with Gasteiger partial charge in [-0.15, -0.1) is 0 Å². The molecule has 0 aliphatic carbocycles. The summed E-state index contributed by atoms with van der Waals surface area (Å²) in [5, 5.41) is 8.47. The molecular formula is C17H23N3OS. The van der Waals surface area contributed by atoms with Crippen LogP contribution in [0.5, 0.6) is 5.75 Å². The van der Waals surface area contributed by atoms with Crippen LogP contribution in [0.2, 0.25) is 0 Å². The zero-order valence-corrected chi connectivity index (χ0v) is 14.1. The molecule has 1 aliphatic heterocycles. The molecule has 5 heteroatoms. The molecule has 1 N–H and O–H groups in total. The minimum Gasteiger partial charge on any atom is -0.492 e. The van der Waals surface area contributed by atoms with Crippen molar-refractivity contribution in [3.05, 3.63) is 35.5 Å². The molecule has 0 saturated carbocycles. The third-order valence-electron chi connectivity index (χ3n) is 3.89. The lowest BCUT2D eigenvalue weighted by Gasteiger charge is -2.13. The lowest BCUT2D eigenvalue weighted by Crippen LogP contribution is -2.08. The second-order valence-corrected chi connectivity index (χ2v) is 6.27. The molecule has 1 aromatic heterocycles. The van der Waals surface area contributed by atoms with Gasteiger partial charge in [0.15, 0.2) is 0 Å². The first-order valence-electron chi connectivity index (χ1n) is 7.91. The summed E-state index contributed by atoms with van der Waals surface area (Å²) in [5.74, 6) is 2.99. The first kappa shape index (κ1) is 15.3. The highest BCUT2D eigenvalue weighted by Gasteiger charge is 2.21. The molecule has 22 heavy (non-hydrogen) atoms. The van der Waals surface area contributed by atoms with E-state index in [9.17, 15) is 0 Å². The molecule has 2 aromatic rings. The van der Waals surface area contributed by atoms with Crippen LogP contribution in [-0.4, -0.2) is 29.2 Å². The van der Waals surface area contributed by atoms with Gasteiger partial charge < -0.3 is 10.1 Å². The minimum atomic E-state index is 0.658. The molecule has 4 nitrogen and oxygen atoms in total.